The first kappa shape index (κ1) is 22.2. The van der Waals surface area contributed by atoms with Gasteiger partial charge in [-0.3, -0.25) is 0 Å². The van der Waals surface area contributed by atoms with Crippen LogP contribution in [0.5, 0.6) is 11.5 Å². The summed E-state index contributed by atoms with van der Waals surface area (Å²) >= 11 is 0. The lowest BCUT2D eigenvalue weighted by Gasteiger charge is -2.09. The molecule has 0 atom stereocenters. The summed E-state index contributed by atoms with van der Waals surface area (Å²) in [5, 5.41) is 0. The predicted molar refractivity (Wildman–Crippen MR) is 112 cm³/mol. The zero-order valence-corrected chi connectivity index (χ0v) is 17.1. The molecule has 0 N–H and O–H groups in total. The van der Waals surface area contributed by atoms with Crippen LogP contribution >= 0.6 is 0 Å². The molecule has 0 saturated heterocycles. The van der Waals surface area contributed by atoms with Crippen LogP contribution in [0, 0.1) is 13.8 Å². The predicted octanol–water partition coefficient (Wildman–Crippen LogP) is 5.19. The molecule has 0 aliphatic carbocycles. The van der Waals surface area contributed by atoms with Crippen LogP contribution in [-0.4, -0.2) is 25.2 Å². The van der Waals surface area contributed by atoms with Crippen LogP contribution in [0.15, 0.2) is 55.1 Å². The third-order valence-electron chi connectivity index (χ3n) is 4.34. The molecular formula is C24H28O5. The minimum Gasteiger partial charge on any atom is -0.494 e. The van der Waals surface area contributed by atoms with Crippen molar-refractivity contribution in [3.05, 3.63) is 71.8 Å². The largest absolute Gasteiger partial charge is 0.494 e. The van der Waals surface area contributed by atoms with Gasteiger partial charge in [0, 0.05) is 6.08 Å². The van der Waals surface area contributed by atoms with Gasteiger partial charge < -0.3 is 14.2 Å². The van der Waals surface area contributed by atoms with Crippen molar-refractivity contribution in [3.8, 4) is 11.5 Å². The quantitative estimate of drug-likeness (QED) is 0.226. The fourth-order valence-corrected chi connectivity index (χ4v) is 2.74. The van der Waals surface area contributed by atoms with Gasteiger partial charge in [0.25, 0.3) is 0 Å². The highest BCUT2D eigenvalue weighted by molar-refractivity contribution is 5.91. The second-order valence-electron chi connectivity index (χ2n) is 6.82. The zero-order valence-electron chi connectivity index (χ0n) is 17.1. The SMILES string of the molecule is C=CC(=O)OCCCCCCOc1ccc(C(=O)Oc2ccc(C)cc2C)cc1. The van der Waals surface area contributed by atoms with E-state index < -0.39 is 0 Å². The van der Waals surface area contributed by atoms with Crippen LogP contribution in [0.2, 0.25) is 0 Å². The molecule has 0 saturated carbocycles. The molecule has 0 aromatic heterocycles. The first-order valence-corrected chi connectivity index (χ1v) is 9.81. The Morgan fingerprint density at radius 2 is 1.62 bits per heavy atom. The van der Waals surface area contributed by atoms with Crippen LogP contribution in [0.25, 0.3) is 0 Å². The first-order chi connectivity index (χ1) is 14.0. The maximum Gasteiger partial charge on any atom is 0.343 e. The molecule has 0 bridgehead atoms. The fraction of sp³-hybridized carbons (Fsp3) is 0.333. The molecule has 0 aliphatic rings. The average molecular weight is 396 g/mol. The monoisotopic (exact) mass is 396 g/mol. The molecule has 2 aromatic carbocycles. The molecule has 29 heavy (non-hydrogen) atoms. The van der Waals surface area contributed by atoms with E-state index in [4.69, 9.17) is 14.2 Å². The van der Waals surface area contributed by atoms with E-state index in [1.807, 2.05) is 32.0 Å². The molecule has 0 amide bonds. The number of carbonyl (C=O) groups excluding carboxylic acids is 2. The highest BCUT2D eigenvalue weighted by Gasteiger charge is 2.10. The van der Waals surface area contributed by atoms with E-state index in [1.165, 1.54) is 6.08 Å². The van der Waals surface area contributed by atoms with Crippen LogP contribution in [0.1, 0.15) is 47.2 Å². The van der Waals surface area contributed by atoms with E-state index in [9.17, 15) is 9.59 Å². The Hall–Kier alpha value is -3.08. The van der Waals surface area contributed by atoms with E-state index in [1.54, 1.807) is 24.3 Å². The molecule has 0 aliphatic heterocycles. The van der Waals surface area contributed by atoms with Crippen LogP contribution in [0.3, 0.4) is 0 Å². The molecule has 0 spiro atoms. The van der Waals surface area contributed by atoms with Crippen molar-refractivity contribution in [1.29, 1.82) is 0 Å². The van der Waals surface area contributed by atoms with Gasteiger partial charge in [-0.1, -0.05) is 24.3 Å². The first-order valence-electron chi connectivity index (χ1n) is 9.81. The number of hydrogen-bond donors (Lipinski definition) is 0. The third-order valence-corrected chi connectivity index (χ3v) is 4.34. The van der Waals surface area contributed by atoms with Gasteiger partial charge in [-0.05, 0) is 75.4 Å². The second-order valence-corrected chi connectivity index (χ2v) is 6.82. The van der Waals surface area contributed by atoms with Gasteiger partial charge in [0.05, 0.1) is 18.8 Å². The molecule has 0 unspecified atom stereocenters. The van der Waals surface area contributed by atoms with E-state index in [2.05, 4.69) is 6.58 Å². The van der Waals surface area contributed by atoms with Crippen molar-refractivity contribution >= 4 is 11.9 Å². The number of unbranched alkanes of at least 4 members (excludes halogenated alkanes) is 3. The molecular weight excluding hydrogens is 368 g/mol. The summed E-state index contributed by atoms with van der Waals surface area (Å²) in [5.41, 5.74) is 2.53. The summed E-state index contributed by atoms with van der Waals surface area (Å²) in [7, 11) is 0. The Kier molecular flexibility index (Phi) is 8.96. The number of benzene rings is 2. The Balaban J connectivity index is 1.68. The summed E-state index contributed by atoms with van der Waals surface area (Å²) < 4.78 is 16.1. The molecule has 5 nitrogen and oxygen atoms in total. The Labute approximate surface area is 172 Å². The minimum absolute atomic E-state index is 0.380. The number of esters is 2. The standard InChI is InChI=1S/C24H28O5/c1-4-23(25)28-16-8-6-5-7-15-27-21-12-10-20(11-13-21)24(26)29-22-14-9-18(2)17-19(22)3/h4,9-14,17H,1,5-8,15-16H2,2-3H3. The molecule has 0 heterocycles. The lowest BCUT2D eigenvalue weighted by atomic mass is 10.1. The maximum absolute atomic E-state index is 12.3. The normalized spacial score (nSPS) is 10.3. The van der Waals surface area contributed by atoms with E-state index >= 15 is 0 Å². The minimum atomic E-state index is -0.388. The fourth-order valence-electron chi connectivity index (χ4n) is 2.74. The van der Waals surface area contributed by atoms with Gasteiger partial charge in [-0.25, -0.2) is 9.59 Å². The second kappa shape index (κ2) is 11.7. The summed E-state index contributed by atoms with van der Waals surface area (Å²) in [6, 6.07) is 12.7. The van der Waals surface area contributed by atoms with Crippen molar-refractivity contribution in [2.45, 2.75) is 39.5 Å². The number of rotatable bonds is 11. The third kappa shape index (κ3) is 7.82. The lowest BCUT2D eigenvalue weighted by molar-refractivity contribution is -0.137. The topological polar surface area (TPSA) is 61.8 Å². The highest BCUT2D eigenvalue weighted by atomic mass is 16.5. The summed E-state index contributed by atoms with van der Waals surface area (Å²) in [5.74, 6) is 0.517. The average Bonchev–Trinajstić information content (AvgIpc) is 2.72. The summed E-state index contributed by atoms with van der Waals surface area (Å²) in [6.07, 6.45) is 4.87. The maximum atomic E-state index is 12.3. The molecule has 5 heteroatoms. The molecule has 2 rings (SSSR count). The van der Waals surface area contributed by atoms with Crippen molar-refractivity contribution in [2.75, 3.05) is 13.2 Å². The number of hydrogen-bond acceptors (Lipinski definition) is 5. The van der Waals surface area contributed by atoms with Crippen LogP contribution in [0.4, 0.5) is 0 Å². The van der Waals surface area contributed by atoms with Gasteiger partial charge in [0.1, 0.15) is 11.5 Å². The number of aryl methyl sites for hydroxylation is 2. The van der Waals surface area contributed by atoms with Gasteiger partial charge >= 0.3 is 11.9 Å². The summed E-state index contributed by atoms with van der Waals surface area (Å²) in [6.45, 7) is 8.29. The van der Waals surface area contributed by atoms with Gasteiger partial charge in [-0.2, -0.15) is 0 Å². The lowest BCUT2D eigenvalue weighted by Crippen LogP contribution is -2.09. The number of carbonyl (C=O) groups is 2. The zero-order chi connectivity index (χ0) is 21.1. The smallest absolute Gasteiger partial charge is 0.343 e. The Morgan fingerprint density at radius 1 is 0.931 bits per heavy atom. The van der Waals surface area contributed by atoms with Crippen molar-refractivity contribution < 1.29 is 23.8 Å². The highest BCUT2D eigenvalue weighted by Crippen LogP contribution is 2.21. The Morgan fingerprint density at radius 3 is 2.28 bits per heavy atom. The van der Waals surface area contributed by atoms with Gasteiger partial charge in [0.2, 0.25) is 0 Å². The molecule has 0 fully saturated rings. The van der Waals surface area contributed by atoms with E-state index in [0.29, 0.717) is 30.3 Å². The molecule has 154 valence electrons. The van der Waals surface area contributed by atoms with Gasteiger partial charge in [0.15, 0.2) is 0 Å². The van der Waals surface area contributed by atoms with Crippen molar-refractivity contribution in [3.63, 3.8) is 0 Å². The number of ether oxygens (including phenoxy) is 3. The van der Waals surface area contributed by atoms with Crippen LogP contribution < -0.4 is 9.47 Å². The van der Waals surface area contributed by atoms with E-state index in [0.717, 1.165) is 36.8 Å². The van der Waals surface area contributed by atoms with Crippen LogP contribution in [-0.2, 0) is 9.53 Å². The Bertz CT molecular complexity index is 824. The van der Waals surface area contributed by atoms with Crippen molar-refractivity contribution in [1.82, 2.24) is 0 Å². The van der Waals surface area contributed by atoms with Gasteiger partial charge in [-0.15, -0.1) is 0 Å². The summed E-state index contributed by atoms with van der Waals surface area (Å²) in [4.78, 5) is 23.2. The molecule has 2 aromatic rings. The molecule has 0 radical (unpaired) electrons. The van der Waals surface area contributed by atoms with Crippen molar-refractivity contribution in [2.24, 2.45) is 0 Å². The van der Waals surface area contributed by atoms with E-state index in [-0.39, 0.29) is 11.9 Å².